The number of rotatable bonds is 1. The van der Waals surface area contributed by atoms with Gasteiger partial charge in [0.15, 0.2) is 5.78 Å². The maximum atomic E-state index is 10.8. The fourth-order valence-corrected chi connectivity index (χ4v) is 0.864. The molecule has 1 nitrogen and oxygen atoms in total. The molecule has 11 heavy (non-hydrogen) atoms. The first-order chi connectivity index (χ1) is 4.70. The van der Waals surface area contributed by atoms with Gasteiger partial charge in [-0.3, -0.25) is 4.79 Å². The van der Waals surface area contributed by atoms with Crippen LogP contribution in [0.4, 0.5) is 0 Å². The van der Waals surface area contributed by atoms with Gasteiger partial charge in [0.2, 0.25) is 0 Å². The van der Waals surface area contributed by atoms with Gasteiger partial charge in [0.05, 0.1) is 0 Å². The van der Waals surface area contributed by atoms with Crippen LogP contribution in [0.25, 0.3) is 0 Å². The Morgan fingerprint density at radius 1 is 1.36 bits per heavy atom. The van der Waals surface area contributed by atoms with Crippen molar-refractivity contribution in [1.29, 1.82) is 0 Å². The van der Waals surface area contributed by atoms with Crippen molar-refractivity contribution in [2.75, 3.05) is 0 Å². The molecule has 60 valence electrons. The van der Waals surface area contributed by atoms with Crippen LogP contribution in [0.3, 0.4) is 0 Å². The van der Waals surface area contributed by atoms with Gasteiger partial charge in [-0.1, -0.05) is 31.2 Å². The molecule has 0 aliphatic heterocycles. The Hall–Kier alpha value is -1.11. The molecule has 0 radical (unpaired) electrons. The zero-order valence-electron chi connectivity index (χ0n) is 6.22. The van der Waals surface area contributed by atoms with Crippen molar-refractivity contribution in [3.05, 3.63) is 35.4 Å². The van der Waals surface area contributed by atoms with Gasteiger partial charge in [-0.15, -0.1) is 0 Å². The lowest BCUT2D eigenvalue weighted by atomic mass is 10.1. The highest BCUT2D eigenvalue weighted by Crippen LogP contribution is 2.03. The van der Waals surface area contributed by atoms with E-state index in [2.05, 4.69) is 0 Å². The maximum absolute atomic E-state index is 10.8. The first kappa shape index (κ1) is 9.89. The molecule has 0 fully saturated rings. The molecule has 0 amide bonds. The second kappa shape index (κ2) is 3.91. The summed E-state index contributed by atoms with van der Waals surface area (Å²) in [6.07, 6.45) is 0. The molecule has 0 spiro atoms. The second-order valence-electron chi connectivity index (χ2n) is 2.43. The Kier molecular flexibility index (Phi) is 3.52. The first-order valence-corrected chi connectivity index (χ1v) is 3.28. The third-order valence-corrected chi connectivity index (χ3v) is 1.42. The summed E-state index contributed by atoms with van der Waals surface area (Å²) >= 11 is 0. The highest BCUT2D eigenvalue weighted by atomic mass is 16.1. The molecule has 0 saturated carbocycles. The van der Waals surface area contributed by atoms with Crippen molar-refractivity contribution in [2.45, 2.75) is 21.3 Å². The largest absolute Gasteiger partial charge is 0.295 e. The number of hydrogen-bond donors (Lipinski definition) is 0. The van der Waals surface area contributed by atoms with Crippen LogP contribution in [0.2, 0.25) is 0 Å². The standard InChI is InChI=1S/C9H10O.CH4/c1-7-4-3-5-9(6-7)8(2)10;/h3-6H,1-2H3;1H4. The van der Waals surface area contributed by atoms with Crippen LogP contribution in [-0.4, -0.2) is 5.78 Å². The summed E-state index contributed by atoms with van der Waals surface area (Å²) in [5, 5.41) is 0. The molecule has 1 aromatic rings. The van der Waals surface area contributed by atoms with Crippen LogP contribution < -0.4 is 0 Å². The average molecular weight is 150 g/mol. The number of ketones is 1. The number of benzene rings is 1. The van der Waals surface area contributed by atoms with Crippen LogP contribution in [-0.2, 0) is 0 Å². The minimum absolute atomic E-state index is 0. The van der Waals surface area contributed by atoms with E-state index in [-0.39, 0.29) is 13.2 Å². The van der Waals surface area contributed by atoms with Crippen LogP contribution in [0.5, 0.6) is 0 Å². The lowest BCUT2D eigenvalue weighted by Crippen LogP contribution is -1.90. The van der Waals surface area contributed by atoms with E-state index >= 15 is 0 Å². The number of carbonyl (C=O) groups is 1. The molecule has 0 aromatic heterocycles. The quantitative estimate of drug-likeness (QED) is 0.562. The summed E-state index contributed by atoms with van der Waals surface area (Å²) in [6.45, 7) is 3.56. The molecule has 0 bridgehead atoms. The van der Waals surface area contributed by atoms with Gasteiger partial charge < -0.3 is 0 Å². The van der Waals surface area contributed by atoms with Crippen molar-refractivity contribution < 1.29 is 4.79 Å². The first-order valence-electron chi connectivity index (χ1n) is 3.28. The minimum Gasteiger partial charge on any atom is -0.295 e. The van der Waals surface area contributed by atoms with Gasteiger partial charge in [0, 0.05) is 5.56 Å². The van der Waals surface area contributed by atoms with E-state index in [9.17, 15) is 4.79 Å². The Morgan fingerprint density at radius 3 is 2.36 bits per heavy atom. The summed E-state index contributed by atoms with van der Waals surface area (Å²) < 4.78 is 0. The zero-order valence-corrected chi connectivity index (χ0v) is 6.22. The predicted molar refractivity (Wildman–Crippen MR) is 47.9 cm³/mol. The fraction of sp³-hybridized carbons (Fsp3) is 0.300. The van der Waals surface area contributed by atoms with Crippen LogP contribution in [0.15, 0.2) is 24.3 Å². The highest BCUT2D eigenvalue weighted by Gasteiger charge is 1.95. The zero-order chi connectivity index (χ0) is 7.56. The minimum atomic E-state index is 0. The van der Waals surface area contributed by atoms with Gasteiger partial charge in [0.1, 0.15) is 0 Å². The molecule has 1 aromatic carbocycles. The second-order valence-corrected chi connectivity index (χ2v) is 2.43. The summed E-state index contributed by atoms with van der Waals surface area (Å²) in [5.41, 5.74) is 1.92. The Morgan fingerprint density at radius 2 is 2.00 bits per heavy atom. The normalized spacial score (nSPS) is 8.55. The molecule has 0 atom stereocenters. The van der Waals surface area contributed by atoms with Gasteiger partial charge >= 0.3 is 0 Å². The summed E-state index contributed by atoms with van der Waals surface area (Å²) in [4.78, 5) is 10.8. The van der Waals surface area contributed by atoms with E-state index in [4.69, 9.17) is 0 Å². The molecular weight excluding hydrogens is 136 g/mol. The lowest BCUT2D eigenvalue weighted by molar-refractivity contribution is 0.101. The topological polar surface area (TPSA) is 17.1 Å². The highest BCUT2D eigenvalue weighted by molar-refractivity contribution is 5.94. The molecule has 0 aliphatic rings. The monoisotopic (exact) mass is 150 g/mol. The molecule has 1 heteroatoms. The third kappa shape index (κ3) is 2.54. The van der Waals surface area contributed by atoms with Gasteiger partial charge in [-0.2, -0.15) is 0 Å². The molecule has 0 heterocycles. The summed E-state index contributed by atoms with van der Waals surface area (Å²) in [5.74, 6) is 0.128. The van der Waals surface area contributed by atoms with Gasteiger partial charge in [-0.05, 0) is 19.9 Å². The third-order valence-electron chi connectivity index (χ3n) is 1.42. The molecule has 1 rings (SSSR count). The lowest BCUT2D eigenvalue weighted by Gasteiger charge is -1.94. The number of Topliss-reactive ketones (excluding diaryl/α,β-unsaturated/α-hetero) is 1. The molecule has 0 N–H and O–H groups in total. The number of hydrogen-bond acceptors (Lipinski definition) is 1. The van der Waals surface area contributed by atoms with Crippen molar-refractivity contribution in [2.24, 2.45) is 0 Å². The van der Waals surface area contributed by atoms with E-state index in [1.807, 2.05) is 31.2 Å². The van der Waals surface area contributed by atoms with E-state index < -0.39 is 0 Å². The van der Waals surface area contributed by atoms with E-state index in [1.54, 1.807) is 6.92 Å². The van der Waals surface area contributed by atoms with E-state index in [0.29, 0.717) is 0 Å². The number of aryl methyl sites for hydroxylation is 1. The molecule has 0 saturated heterocycles. The van der Waals surface area contributed by atoms with Crippen molar-refractivity contribution in [3.63, 3.8) is 0 Å². The summed E-state index contributed by atoms with van der Waals surface area (Å²) in [6, 6.07) is 7.59. The molecular formula is C10H14O. The van der Waals surface area contributed by atoms with Gasteiger partial charge in [-0.25, -0.2) is 0 Å². The van der Waals surface area contributed by atoms with Gasteiger partial charge in [0.25, 0.3) is 0 Å². The fourth-order valence-electron chi connectivity index (χ4n) is 0.864. The predicted octanol–water partition coefficient (Wildman–Crippen LogP) is 2.83. The summed E-state index contributed by atoms with van der Waals surface area (Å²) in [7, 11) is 0. The Labute approximate surface area is 68.1 Å². The van der Waals surface area contributed by atoms with E-state index in [1.165, 1.54) is 0 Å². The molecule has 0 aliphatic carbocycles. The smallest absolute Gasteiger partial charge is 0.159 e. The van der Waals surface area contributed by atoms with Crippen molar-refractivity contribution in [3.8, 4) is 0 Å². The van der Waals surface area contributed by atoms with Crippen LogP contribution in [0, 0.1) is 6.92 Å². The van der Waals surface area contributed by atoms with Crippen LogP contribution >= 0.6 is 0 Å². The van der Waals surface area contributed by atoms with Crippen LogP contribution in [0.1, 0.15) is 30.3 Å². The Balaban J connectivity index is 0.000001000. The average Bonchev–Trinajstić information content (AvgIpc) is 1.88. The number of carbonyl (C=O) groups excluding carboxylic acids is 1. The molecule has 0 unspecified atom stereocenters. The SMILES string of the molecule is C.CC(=O)c1cccc(C)c1. The van der Waals surface area contributed by atoms with E-state index in [0.717, 1.165) is 11.1 Å². The Bertz CT molecular complexity index is 251. The van der Waals surface area contributed by atoms with Crippen molar-refractivity contribution in [1.82, 2.24) is 0 Å². The maximum Gasteiger partial charge on any atom is 0.159 e. The van der Waals surface area contributed by atoms with Crippen molar-refractivity contribution >= 4 is 5.78 Å².